The number of nitrogens with one attached hydrogen (secondary N) is 1. The zero-order chi connectivity index (χ0) is 17.5. The van der Waals surface area contributed by atoms with Gasteiger partial charge < -0.3 is 20.2 Å². The molecule has 0 spiro atoms. The molecular weight excluding hydrogens is 310 g/mol. The molecule has 24 heavy (non-hydrogen) atoms. The Labute approximate surface area is 141 Å². The van der Waals surface area contributed by atoms with Gasteiger partial charge in [0.05, 0.1) is 12.5 Å². The molecule has 0 radical (unpaired) electrons. The van der Waals surface area contributed by atoms with Crippen LogP contribution in [0.5, 0.6) is 0 Å². The molecule has 0 aliphatic carbocycles. The predicted octanol–water partition coefficient (Wildman–Crippen LogP) is 1.47. The van der Waals surface area contributed by atoms with Crippen LogP contribution in [-0.4, -0.2) is 59.5 Å². The lowest BCUT2D eigenvalue weighted by molar-refractivity contribution is -0.137. The number of hydrogen-bond donors (Lipinski definition) is 2. The van der Waals surface area contributed by atoms with E-state index in [4.69, 9.17) is 5.11 Å². The highest BCUT2D eigenvalue weighted by Gasteiger charge is 2.26. The molecule has 1 unspecified atom stereocenters. The normalized spacial score (nSPS) is 15.2. The van der Waals surface area contributed by atoms with E-state index < -0.39 is 5.97 Å². The van der Waals surface area contributed by atoms with E-state index in [1.165, 1.54) is 4.90 Å². The smallest absolute Gasteiger partial charge is 0.317 e. The maximum absolute atomic E-state index is 12.3. The fraction of sp³-hybridized carbons (Fsp3) is 0.471. The topological polar surface area (TPSA) is 89.9 Å². The van der Waals surface area contributed by atoms with Crippen LogP contribution in [0.2, 0.25) is 0 Å². The Balaban J connectivity index is 2.04. The average molecular weight is 333 g/mol. The van der Waals surface area contributed by atoms with Crippen molar-refractivity contribution >= 4 is 17.9 Å². The molecule has 2 rings (SSSR count). The second-order valence-corrected chi connectivity index (χ2v) is 5.92. The summed E-state index contributed by atoms with van der Waals surface area (Å²) in [5.74, 6) is -0.846. The Morgan fingerprint density at radius 3 is 2.62 bits per heavy atom. The lowest BCUT2D eigenvalue weighted by Crippen LogP contribution is -2.44. The fourth-order valence-corrected chi connectivity index (χ4v) is 2.66. The molecular formula is C17H23N3O4. The number of carboxylic acid groups (broad SMARTS) is 1. The minimum absolute atomic E-state index is 0.101. The molecule has 1 heterocycles. The second-order valence-electron chi connectivity index (χ2n) is 5.92. The third-order valence-electron chi connectivity index (χ3n) is 4.08. The van der Waals surface area contributed by atoms with Crippen LogP contribution >= 0.6 is 0 Å². The third kappa shape index (κ3) is 4.97. The molecule has 0 aromatic heterocycles. The minimum Gasteiger partial charge on any atom is -0.481 e. The maximum atomic E-state index is 12.3. The van der Waals surface area contributed by atoms with Crippen molar-refractivity contribution in [1.29, 1.82) is 0 Å². The molecule has 1 aliphatic rings. The van der Waals surface area contributed by atoms with Gasteiger partial charge in [-0.2, -0.15) is 0 Å². The van der Waals surface area contributed by atoms with Gasteiger partial charge in [0.25, 0.3) is 0 Å². The van der Waals surface area contributed by atoms with Crippen molar-refractivity contribution in [3.05, 3.63) is 35.9 Å². The van der Waals surface area contributed by atoms with Crippen molar-refractivity contribution in [3.63, 3.8) is 0 Å². The molecule has 2 N–H and O–H groups in total. The van der Waals surface area contributed by atoms with E-state index in [1.807, 2.05) is 30.3 Å². The van der Waals surface area contributed by atoms with Crippen molar-refractivity contribution in [3.8, 4) is 0 Å². The predicted molar refractivity (Wildman–Crippen MR) is 88.4 cm³/mol. The molecule has 1 aliphatic heterocycles. The Kier molecular flexibility index (Phi) is 6.17. The van der Waals surface area contributed by atoms with Gasteiger partial charge in [-0.15, -0.1) is 0 Å². The van der Waals surface area contributed by atoms with E-state index in [9.17, 15) is 14.4 Å². The van der Waals surface area contributed by atoms with Crippen LogP contribution in [0, 0.1) is 0 Å². The molecule has 7 heteroatoms. The number of carbonyl (C=O) groups is 3. The van der Waals surface area contributed by atoms with Crippen molar-refractivity contribution in [1.82, 2.24) is 15.1 Å². The Morgan fingerprint density at radius 2 is 2.04 bits per heavy atom. The zero-order valence-electron chi connectivity index (χ0n) is 13.8. The number of urea groups is 1. The van der Waals surface area contributed by atoms with E-state index in [-0.39, 0.29) is 30.9 Å². The Hall–Kier alpha value is -2.57. The lowest BCUT2D eigenvalue weighted by Gasteiger charge is -2.27. The first-order valence-corrected chi connectivity index (χ1v) is 8.03. The molecule has 1 aromatic rings. The minimum atomic E-state index is -0.947. The van der Waals surface area contributed by atoms with Gasteiger partial charge in [-0.1, -0.05) is 30.3 Å². The molecule has 0 bridgehead atoms. The monoisotopic (exact) mass is 333 g/mol. The van der Waals surface area contributed by atoms with Crippen LogP contribution in [0.3, 0.4) is 0 Å². The van der Waals surface area contributed by atoms with Crippen LogP contribution < -0.4 is 5.32 Å². The number of amides is 3. The van der Waals surface area contributed by atoms with Gasteiger partial charge >= 0.3 is 12.0 Å². The van der Waals surface area contributed by atoms with Crippen molar-refractivity contribution < 1.29 is 19.5 Å². The summed E-state index contributed by atoms with van der Waals surface area (Å²) >= 11 is 0. The third-order valence-corrected chi connectivity index (χ3v) is 4.08. The summed E-state index contributed by atoms with van der Waals surface area (Å²) in [5.41, 5.74) is 0.914. The van der Waals surface area contributed by atoms with Gasteiger partial charge in [0, 0.05) is 33.1 Å². The summed E-state index contributed by atoms with van der Waals surface area (Å²) in [5, 5.41) is 11.6. The van der Waals surface area contributed by atoms with Gasteiger partial charge in [-0.25, -0.2) is 4.79 Å². The largest absolute Gasteiger partial charge is 0.481 e. The van der Waals surface area contributed by atoms with E-state index in [0.29, 0.717) is 19.5 Å². The van der Waals surface area contributed by atoms with E-state index >= 15 is 0 Å². The number of nitrogens with zero attached hydrogens (tertiary/aromatic N) is 2. The molecule has 130 valence electrons. The molecule has 1 saturated heterocycles. The van der Waals surface area contributed by atoms with Crippen LogP contribution in [0.1, 0.15) is 30.9 Å². The fourth-order valence-electron chi connectivity index (χ4n) is 2.66. The first kappa shape index (κ1) is 17.8. The second kappa shape index (κ2) is 8.33. The molecule has 1 aromatic carbocycles. The van der Waals surface area contributed by atoms with Gasteiger partial charge in [0.15, 0.2) is 0 Å². The molecule has 7 nitrogen and oxygen atoms in total. The van der Waals surface area contributed by atoms with Crippen LogP contribution in [0.4, 0.5) is 4.79 Å². The quantitative estimate of drug-likeness (QED) is 0.790. The molecule has 0 saturated carbocycles. The molecule has 1 fully saturated rings. The number of aliphatic carboxylic acids is 1. The summed E-state index contributed by atoms with van der Waals surface area (Å²) in [7, 11) is 1.56. The number of likely N-dealkylation sites (tertiary alicyclic amines) is 1. The average Bonchev–Trinajstić information content (AvgIpc) is 2.97. The number of benzene rings is 1. The number of carbonyl (C=O) groups excluding carboxylic acids is 2. The number of rotatable bonds is 7. The van der Waals surface area contributed by atoms with Crippen molar-refractivity contribution in [2.75, 3.05) is 26.7 Å². The summed E-state index contributed by atoms with van der Waals surface area (Å²) in [6, 6.07) is 8.79. The van der Waals surface area contributed by atoms with Crippen molar-refractivity contribution in [2.45, 2.75) is 25.3 Å². The molecule has 3 amide bonds. The van der Waals surface area contributed by atoms with Crippen LogP contribution in [-0.2, 0) is 9.59 Å². The van der Waals surface area contributed by atoms with Gasteiger partial charge in [0.2, 0.25) is 5.91 Å². The highest BCUT2D eigenvalue weighted by molar-refractivity contribution is 5.78. The summed E-state index contributed by atoms with van der Waals surface area (Å²) in [4.78, 5) is 37.9. The SMILES string of the molecule is CN(CCC(=O)O)C(=O)NC(CN1CCCC1=O)c1ccccc1. The number of carboxylic acids is 1. The van der Waals surface area contributed by atoms with Gasteiger partial charge in [-0.3, -0.25) is 9.59 Å². The van der Waals surface area contributed by atoms with E-state index in [2.05, 4.69) is 5.32 Å². The van der Waals surface area contributed by atoms with E-state index in [1.54, 1.807) is 11.9 Å². The Morgan fingerprint density at radius 1 is 1.33 bits per heavy atom. The molecule has 1 atom stereocenters. The summed E-state index contributed by atoms with van der Waals surface area (Å²) < 4.78 is 0. The Bertz CT molecular complexity index is 591. The zero-order valence-corrected chi connectivity index (χ0v) is 13.8. The first-order valence-electron chi connectivity index (χ1n) is 8.03. The van der Waals surface area contributed by atoms with Crippen LogP contribution in [0.25, 0.3) is 0 Å². The lowest BCUT2D eigenvalue weighted by atomic mass is 10.1. The van der Waals surface area contributed by atoms with Gasteiger partial charge in [0.1, 0.15) is 0 Å². The highest BCUT2D eigenvalue weighted by atomic mass is 16.4. The standard InChI is InChI=1S/C17H23N3O4/c1-19(11-9-16(22)23)17(24)18-14(13-6-3-2-4-7-13)12-20-10-5-8-15(20)21/h2-4,6-7,14H,5,8-12H2,1H3,(H,18,24)(H,22,23). The highest BCUT2D eigenvalue weighted by Crippen LogP contribution is 2.18. The van der Waals surface area contributed by atoms with Crippen molar-refractivity contribution in [2.24, 2.45) is 0 Å². The number of hydrogen-bond acceptors (Lipinski definition) is 3. The van der Waals surface area contributed by atoms with Crippen LogP contribution in [0.15, 0.2) is 30.3 Å². The van der Waals surface area contributed by atoms with Gasteiger partial charge in [-0.05, 0) is 12.0 Å². The maximum Gasteiger partial charge on any atom is 0.317 e. The summed E-state index contributed by atoms with van der Waals surface area (Å²) in [6.45, 7) is 1.25. The summed E-state index contributed by atoms with van der Waals surface area (Å²) in [6.07, 6.45) is 1.28. The first-order chi connectivity index (χ1) is 11.5. The van der Waals surface area contributed by atoms with E-state index in [0.717, 1.165) is 12.0 Å².